The van der Waals surface area contributed by atoms with Gasteiger partial charge in [-0.25, -0.2) is 13.4 Å². The molecule has 0 N–H and O–H groups in total. The lowest BCUT2D eigenvalue weighted by atomic mass is 10.0. The van der Waals surface area contributed by atoms with E-state index in [1.54, 1.807) is 23.1 Å². The Morgan fingerprint density at radius 3 is 2.41 bits per heavy atom. The van der Waals surface area contributed by atoms with E-state index in [4.69, 9.17) is 11.6 Å². The van der Waals surface area contributed by atoms with Crippen molar-refractivity contribution in [2.24, 2.45) is 0 Å². The highest BCUT2D eigenvalue weighted by Gasteiger charge is 2.29. The van der Waals surface area contributed by atoms with Crippen LogP contribution in [-0.2, 0) is 23.0 Å². The molecular formula is C28H30Cl2N4O3S2. The van der Waals surface area contributed by atoms with Crippen molar-refractivity contribution in [2.75, 3.05) is 38.6 Å². The molecule has 4 aromatic rings. The molecule has 2 heterocycles. The summed E-state index contributed by atoms with van der Waals surface area (Å²) in [5.74, 6) is -0.227. The first kappa shape index (κ1) is 29.5. The number of thiazole rings is 1. The van der Waals surface area contributed by atoms with Crippen molar-refractivity contribution in [3.05, 3.63) is 88.4 Å². The summed E-state index contributed by atoms with van der Waals surface area (Å²) in [6.45, 7) is 2.06. The lowest BCUT2D eigenvalue weighted by Gasteiger charge is -2.28. The summed E-state index contributed by atoms with van der Waals surface area (Å²) in [5, 5.41) is 1.11. The van der Waals surface area contributed by atoms with Crippen molar-refractivity contribution >= 4 is 66.6 Å². The number of benzene rings is 3. The molecule has 5 rings (SSSR count). The number of para-hydroxylation sites is 1. The van der Waals surface area contributed by atoms with E-state index < -0.39 is 10.0 Å². The summed E-state index contributed by atoms with van der Waals surface area (Å²) in [4.78, 5) is 22.2. The van der Waals surface area contributed by atoms with Crippen molar-refractivity contribution in [1.82, 2.24) is 14.2 Å². The number of amides is 1. The largest absolute Gasteiger partial charge is 0.309 e. The molecule has 0 fully saturated rings. The molecule has 1 aliphatic heterocycles. The predicted molar refractivity (Wildman–Crippen MR) is 161 cm³/mol. The number of rotatable bonds is 8. The van der Waals surface area contributed by atoms with Crippen LogP contribution in [0.5, 0.6) is 0 Å². The van der Waals surface area contributed by atoms with E-state index in [9.17, 15) is 13.2 Å². The van der Waals surface area contributed by atoms with Crippen molar-refractivity contribution in [3.8, 4) is 0 Å². The SMILES string of the molecule is CN(C)CCCN(C(=O)c1ccc(S(=O)(=O)N2CCc3ccccc3C2)cc1)c1nc2c(Cl)cccc2s1.Cl. The van der Waals surface area contributed by atoms with Crippen LogP contribution in [0.4, 0.5) is 5.13 Å². The zero-order valence-electron chi connectivity index (χ0n) is 21.7. The Kier molecular flexibility index (Phi) is 9.31. The molecule has 11 heteroatoms. The van der Waals surface area contributed by atoms with Gasteiger partial charge in [0.2, 0.25) is 10.0 Å². The van der Waals surface area contributed by atoms with Crippen LogP contribution in [0.25, 0.3) is 10.2 Å². The first-order valence-corrected chi connectivity index (χ1v) is 15.1. The molecule has 0 aliphatic carbocycles. The lowest BCUT2D eigenvalue weighted by Crippen LogP contribution is -2.36. The molecule has 1 aromatic heterocycles. The van der Waals surface area contributed by atoms with Crippen LogP contribution < -0.4 is 4.90 Å². The predicted octanol–water partition coefficient (Wildman–Crippen LogP) is 5.72. The molecule has 0 unspecified atom stereocenters. The Balaban J connectivity index is 0.00000353. The topological polar surface area (TPSA) is 73.8 Å². The van der Waals surface area contributed by atoms with Crippen LogP contribution in [0.3, 0.4) is 0 Å². The molecule has 0 saturated heterocycles. The van der Waals surface area contributed by atoms with Crippen LogP contribution in [0.2, 0.25) is 5.02 Å². The van der Waals surface area contributed by atoms with E-state index in [2.05, 4.69) is 9.88 Å². The third kappa shape index (κ3) is 6.29. The Morgan fingerprint density at radius 1 is 1.00 bits per heavy atom. The minimum absolute atomic E-state index is 0. The van der Waals surface area contributed by atoms with Crippen molar-refractivity contribution in [2.45, 2.75) is 24.3 Å². The molecule has 39 heavy (non-hydrogen) atoms. The molecule has 0 saturated carbocycles. The van der Waals surface area contributed by atoms with Gasteiger partial charge in [0.25, 0.3) is 5.91 Å². The number of fused-ring (bicyclic) bond motifs is 2. The first-order valence-electron chi connectivity index (χ1n) is 12.4. The maximum absolute atomic E-state index is 13.7. The third-order valence-electron chi connectivity index (χ3n) is 6.66. The first-order chi connectivity index (χ1) is 18.2. The number of carbonyl (C=O) groups is 1. The summed E-state index contributed by atoms with van der Waals surface area (Å²) in [7, 11) is 0.292. The van der Waals surface area contributed by atoms with Crippen LogP contribution in [0.15, 0.2) is 71.6 Å². The second-order valence-electron chi connectivity index (χ2n) is 9.58. The van der Waals surface area contributed by atoms with Gasteiger partial charge in [0, 0.05) is 25.2 Å². The van der Waals surface area contributed by atoms with Gasteiger partial charge in [-0.1, -0.05) is 53.3 Å². The van der Waals surface area contributed by atoms with E-state index in [-0.39, 0.29) is 23.2 Å². The van der Waals surface area contributed by atoms with Gasteiger partial charge in [0.1, 0.15) is 5.52 Å². The molecule has 0 atom stereocenters. The number of halogens is 2. The van der Waals surface area contributed by atoms with Gasteiger partial charge in [0.15, 0.2) is 5.13 Å². The van der Waals surface area contributed by atoms with Gasteiger partial charge >= 0.3 is 0 Å². The summed E-state index contributed by atoms with van der Waals surface area (Å²) in [6, 6.07) is 19.7. The van der Waals surface area contributed by atoms with Gasteiger partial charge in [0.05, 0.1) is 14.6 Å². The lowest BCUT2D eigenvalue weighted by molar-refractivity contribution is 0.0986. The average molecular weight is 606 g/mol. The Hall–Kier alpha value is -2.53. The monoisotopic (exact) mass is 604 g/mol. The molecule has 3 aromatic carbocycles. The second kappa shape index (κ2) is 12.3. The maximum atomic E-state index is 13.7. The fourth-order valence-corrected chi connectivity index (χ4v) is 7.31. The Morgan fingerprint density at radius 2 is 1.72 bits per heavy atom. The summed E-state index contributed by atoms with van der Waals surface area (Å²) in [6.07, 6.45) is 1.44. The third-order valence-corrected chi connectivity index (χ3v) is 9.86. The zero-order chi connectivity index (χ0) is 26.9. The highest BCUT2D eigenvalue weighted by molar-refractivity contribution is 7.89. The van der Waals surface area contributed by atoms with Gasteiger partial charge in [-0.2, -0.15) is 4.31 Å². The van der Waals surface area contributed by atoms with Gasteiger partial charge in [-0.3, -0.25) is 9.69 Å². The van der Waals surface area contributed by atoms with E-state index in [0.29, 0.717) is 47.3 Å². The molecule has 1 aliphatic rings. The van der Waals surface area contributed by atoms with E-state index >= 15 is 0 Å². The van der Waals surface area contributed by atoms with Crippen LogP contribution >= 0.6 is 35.3 Å². The summed E-state index contributed by atoms with van der Waals surface area (Å²) in [5.41, 5.74) is 3.29. The number of carbonyl (C=O) groups excluding carboxylic acids is 1. The molecule has 7 nitrogen and oxygen atoms in total. The molecule has 0 radical (unpaired) electrons. The minimum atomic E-state index is -3.69. The van der Waals surface area contributed by atoms with Gasteiger partial charge < -0.3 is 4.90 Å². The number of anilines is 1. The zero-order valence-corrected chi connectivity index (χ0v) is 24.9. The van der Waals surface area contributed by atoms with Gasteiger partial charge in [-0.05, 0) is 81.0 Å². The summed E-state index contributed by atoms with van der Waals surface area (Å²) >= 11 is 7.76. The molecule has 1 amide bonds. The van der Waals surface area contributed by atoms with E-state index in [1.165, 1.54) is 33.3 Å². The fourth-order valence-electron chi connectivity index (χ4n) is 4.60. The number of sulfonamides is 1. The van der Waals surface area contributed by atoms with E-state index in [1.807, 2.05) is 50.5 Å². The normalized spacial score (nSPS) is 13.7. The maximum Gasteiger partial charge on any atom is 0.260 e. The van der Waals surface area contributed by atoms with E-state index in [0.717, 1.165) is 23.2 Å². The van der Waals surface area contributed by atoms with Crippen molar-refractivity contribution in [3.63, 3.8) is 0 Å². The number of aromatic nitrogens is 1. The molecule has 206 valence electrons. The van der Waals surface area contributed by atoms with Crippen LogP contribution in [0, 0.1) is 0 Å². The highest BCUT2D eigenvalue weighted by atomic mass is 35.5. The van der Waals surface area contributed by atoms with Crippen LogP contribution in [-0.4, -0.2) is 62.2 Å². The Bertz CT molecular complexity index is 1570. The second-order valence-corrected chi connectivity index (χ2v) is 12.9. The number of hydrogen-bond acceptors (Lipinski definition) is 6. The highest BCUT2D eigenvalue weighted by Crippen LogP contribution is 2.34. The standard InChI is InChI=1S/C28H29ClN4O3S2.ClH/c1-31(2)16-6-17-33(28-30-26-24(29)9-5-10-25(26)37-28)27(34)21-11-13-23(14-12-21)38(35,36)32-18-15-20-7-3-4-8-22(20)19-32;/h3-5,7-14H,6,15-19H2,1-2H3;1H. The summed E-state index contributed by atoms with van der Waals surface area (Å²) < 4.78 is 29.2. The average Bonchev–Trinajstić information content (AvgIpc) is 3.36. The molecule has 0 bridgehead atoms. The van der Waals surface area contributed by atoms with Crippen LogP contribution in [0.1, 0.15) is 27.9 Å². The van der Waals surface area contributed by atoms with Crippen molar-refractivity contribution in [1.29, 1.82) is 0 Å². The molecule has 0 spiro atoms. The minimum Gasteiger partial charge on any atom is -0.309 e. The number of nitrogens with zero attached hydrogens (tertiary/aromatic N) is 4. The van der Waals surface area contributed by atoms with Gasteiger partial charge in [-0.15, -0.1) is 12.4 Å². The smallest absolute Gasteiger partial charge is 0.260 e. The Labute approximate surface area is 244 Å². The fraction of sp³-hybridized carbons (Fsp3) is 0.286. The number of hydrogen-bond donors (Lipinski definition) is 0. The molecular weight excluding hydrogens is 575 g/mol. The van der Waals surface area contributed by atoms with Crippen molar-refractivity contribution < 1.29 is 13.2 Å². The quantitative estimate of drug-likeness (QED) is 0.257.